The lowest BCUT2D eigenvalue weighted by atomic mass is 9.79. The smallest absolute Gasteiger partial charge is 0.256 e. The molecule has 0 saturated heterocycles. The van der Waals surface area contributed by atoms with Crippen LogP contribution in [0.3, 0.4) is 0 Å². The van der Waals surface area contributed by atoms with Gasteiger partial charge in [-0.15, -0.1) is 0 Å². The van der Waals surface area contributed by atoms with E-state index in [4.69, 9.17) is 4.98 Å². The average Bonchev–Trinajstić information content (AvgIpc) is 3.27. The van der Waals surface area contributed by atoms with Gasteiger partial charge >= 0.3 is 6.18 Å². The second kappa shape index (κ2) is 12.2. The molecule has 2 nitrogen and oxygen atoms in total. The van der Waals surface area contributed by atoms with Crippen LogP contribution in [-0.4, -0.2) is 4.98 Å². The first kappa shape index (κ1) is 27.9. The fraction of sp³-hybridized carbons (Fsp3) is 0.455. The van der Waals surface area contributed by atoms with Crippen LogP contribution in [0.4, 0.5) is 13.2 Å². The number of aromatic nitrogens is 1. The van der Waals surface area contributed by atoms with Crippen LogP contribution >= 0.6 is 0 Å². The van der Waals surface area contributed by atoms with Gasteiger partial charge in [-0.25, -0.2) is 0 Å². The Labute approximate surface area is 224 Å². The normalized spacial score (nSPS) is 16.8. The first-order chi connectivity index (χ1) is 18.3. The summed E-state index contributed by atoms with van der Waals surface area (Å²) in [7, 11) is 0. The number of nitriles is 1. The molecule has 0 spiro atoms. The number of aryl methyl sites for hydroxylation is 1. The third kappa shape index (κ3) is 5.96. The third-order valence-corrected chi connectivity index (χ3v) is 7.85. The predicted molar refractivity (Wildman–Crippen MR) is 147 cm³/mol. The highest BCUT2D eigenvalue weighted by Gasteiger charge is 2.43. The molecule has 0 aliphatic heterocycles. The van der Waals surface area contributed by atoms with E-state index in [1.54, 1.807) is 12.1 Å². The predicted octanol–water partition coefficient (Wildman–Crippen LogP) is 9.18. The second-order valence-corrected chi connectivity index (χ2v) is 10.6. The van der Waals surface area contributed by atoms with E-state index in [0.29, 0.717) is 19.3 Å². The van der Waals surface area contributed by atoms with Crippen molar-refractivity contribution < 1.29 is 13.2 Å². The maximum Gasteiger partial charge on any atom is 0.416 e. The fourth-order valence-corrected chi connectivity index (χ4v) is 5.82. The zero-order valence-corrected chi connectivity index (χ0v) is 22.5. The highest BCUT2D eigenvalue weighted by molar-refractivity contribution is 5.75. The summed E-state index contributed by atoms with van der Waals surface area (Å²) in [6, 6.07) is 18.3. The molecule has 38 heavy (non-hydrogen) atoms. The molecule has 0 unspecified atom stereocenters. The molecule has 1 atom stereocenters. The van der Waals surface area contributed by atoms with Crippen LogP contribution < -0.4 is 0 Å². The number of pyridine rings is 1. The molecular weight excluding hydrogens is 481 g/mol. The van der Waals surface area contributed by atoms with E-state index in [9.17, 15) is 18.4 Å². The standard InChI is InChI=1S/C33H37F3N2/c1-3-5-8-14-27-29(15-9-6-4-2)38-31-28(30(27)25-16-18-26(19-17-25)33(34,35)36)20-21-32(31,23-37)22-24-12-10-7-11-13-24/h7,10-13,16-19H,3-6,8-9,14-15,20-22H2,1-2H3/t32-/m0/s1. The molecule has 0 fully saturated rings. The van der Waals surface area contributed by atoms with Crippen molar-refractivity contribution in [2.45, 2.75) is 96.1 Å². The second-order valence-electron chi connectivity index (χ2n) is 10.6. The molecule has 0 radical (unpaired) electrons. The molecule has 5 heteroatoms. The molecule has 1 heterocycles. The van der Waals surface area contributed by atoms with E-state index >= 15 is 0 Å². The zero-order chi connectivity index (χ0) is 27.2. The van der Waals surface area contributed by atoms with Gasteiger partial charge in [0, 0.05) is 5.69 Å². The summed E-state index contributed by atoms with van der Waals surface area (Å²) in [4.78, 5) is 5.26. The maximum atomic E-state index is 13.4. The van der Waals surface area contributed by atoms with Crippen molar-refractivity contribution in [3.63, 3.8) is 0 Å². The zero-order valence-electron chi connectivity index (χ0n) is 22.5. The molecule has 1 aromatic heterocycles. The molecule has 1 aliphatic carbocycles. The van der Waals surface area contributed by atoms with E-state index in [1.807, 2.05) is 18.2 Å². The van der Waals surface area contributed by atoms with Crippen molar-refractivity contribution in [3.8, 4) is 17.2 Å². The molecule has 4 rings (SSSR count). The number of benzene rings is 2. The maximum absolute atomic E-state index is 13.4. The lowest BCUT2D eigenvalue weighted by Crippen LogP contribution is -2.26. The minimum atomic E-state index is -4.38. The van der Waals surface area contributed by atoms with Crippen molar-refractivity contribution >= 4 is 0 Å². The van der Waals surface area contributed by atoms with Crippen LogP contribution in [-0.2, 0) is 37.3 Å². The Morgan fingerprint density at radius 2 is 1.55 bits per heavy atom. The number of halogens is 3. The number of rotatable bonds is 11. The van der Waals surface area contributed by atoms with Gasteiger partial charge in [-0.3, -0.25) is 4.98 Å². The average molecular weight is 519 g/mol. The van der Waals surface area contributed by atoms with Crippen molar-refractivity contribution in [1.29, 1.82) is 5.26 Å². The molecule has 2 aromatic carbocycles. The largest absolute Gasteiger partial charge is 0.416 e. The van der Waals surface area contributed by atoms with Crippen LogP contribution in [0.1, 0.15) is 92.4 Å². The number of hydrogen-bond acceptors (Lipinski definition) is 2. The Kier molecular flexibility index (Phi) is 8.92. The summed E-state index contributed by atoms with van der Waals surface area (Å²) < 4.78 is 40.1. The first-order valence-electron chi connectivity index (χ1n) is 14.0. The van der Waals surface area contributed by atoms with Crippen molar-refractivity contribution in [2.24, 2.45) is 0 Å². The van der Waals surface area contributed by atoms with Crippen molar-refractivity contribution in [3.05, 3.63) is 88.2 Å². The SMILES string of the molecule is CCCCCc1nc2c(c(-c3ccc(C(F)(F)F)cc3)c1CCCCC)CC[C@@]2(C#N)Cc1ccccc1. The van der Waals surface area contributed by atoms with Gasteiger partial charge in [0.1, 0.15) is 5.41 Å². The Morgan fingerprint density at radius 1 is 0.895 bits per heavy atom. The van der Waals surface area contributed by atoms with Gasteiger partial charge in [0.25, 0.3) is 0 Å². The molecule has 3 aromatic rings. The number of alkyl halides is 3. The quantitative estimate of drug-likeness (QED) is 0.237. The van der Waals surface area contributed by atoms with Gasteiger partial charge in [0.2, 0.25) is 0 Å². The Bertz CT molecular complexity index is 1260. The summed E-state index contributed by atoms with van der Waals surface area (Å²) >= 11 is 0. The first-order valence-corrected chi connectivity index (χ1v) is 14.0. The number of fused-ring (bicyclic) bond motifs is 1. The monoisotopic (exact) mass is 518 g/mol. The van der Waals surface area contributed by atoms with Gasteiger partial charge in [-0.1, -0.05) is 82.0 Å². The van der Waals surface area contributed by atoms with E-state index in [-0.39, 0.29) is 0 Å². The van der Waals surface area contributed by atoms with Crippen molar-refractivity contribution in [2.75, 3.05) is 0 Å². The number of nitrogens with zero attached hydrogens (tertiary/aromatic N) is 2. The summed E-state index contributed by atoms with van der Waals surface area (Å²) in [6.07, 6.45) is 5.64. The summed E-state index contributed by atoms with van der Waals surface area (Å²) in [5.74, 6) is 0. The molecule has 0 bridgehead atoms. The number of unbranched alkanes of at least 4 members (excludes halogenated alkanes) is 4. The molecule has 0 amide bonds. The molecule has 0 saturated carbocycles. The van der Waals surface area contributed by atoms with E-state index in [0.717, 1.165) is 85.0 Å². The van der Waals surface area contributed by atoms with Gasteiger partial charge in [-0.05, 0) is 84.9 Å². The van der Waals surface area contributed by atoms with E-state index in [2.05, 4.69) is 32.0 Å². The van der Waals surface area contributed by atoms with Crippen LogP contribution in [0.2, 0.25) is 0 Å². The number of hydrogen-bond donors (Lipinski definition) is 0. The molecule has 1 aliphatic rings. The Balaban J connectivity index is 1.90. The highest BCUT2D eigenvalue weighted by atomic mass is 19.4. The van der Waals surface area contributed by atoms with Gasteiger partial charge in [0.05, 0.1) is 17.3 Å². The van der Waals surface area contributed by atoms with Crippen LogP contribution in [0.5, 0.6) is 0 Å². The lowest BCUT2D eigenvalue weighted by molar-refractivity contribution is -0.137. The van der Waals surface area contributed by atoms with E-state index < -0.39 is 17.2 Å². The van der Waals surface area contributed by atoms with Gasteiger partial charge < -0.3 is 0 Å². The Morgan fingerprint density at radius 3 is 2.16 bits per heavy atom. The minimum absolute atomic E-state index is 0.584. The Hall–Kier alpha value is -3.13. The summed E-state index contributed by atoms with van der Waals surface area (Å²) in [5.41, 5.74) is 5.62. The molecular formula is C33H37F3N2. The third-order valence-electron chi connectivity index (χ3n) is 7.85. The lowest BCUT2D eigenvalue weighted by Gasteiger charge is -2.25. The van der Waals surface area contributed by atoms with E-state index in [1.165, 1.54) is 17.7 Å². The molecule has 0 N–H and O–H groups in total. The summed E-state index contributed by atoms with van der Waals surface area (Å²) in [6.45, 7) is 4.34. The van der Waals surface area contributed by atoms with Crippen LogP contribution in [0.15, 0.2) is 54.6 Å². The van der Waals surface area contributed by atoms with Crippen molar-refractivity contribution in [1.82, 2.24) is 4.98 Å². The van der Waals surface area contributed by atoms with Crippen LogP contribution in [0.25, 0.3) is 11.1 Å². The topological polar surface area (TPSA) is 36.7 Å². The highest BCUT2D eigenvalue weighted by Crippen LogP contribution is 2.46. The minimum Gasteiger partial charge on any atom is -0.256 e. The molecule has 200 valence electrons. The van der Waals surface area contributed by atoms with Crippen LogP contribution in [0, 0.1) is 11.3 Å². The van der Waals surface area contributed by atoms with Gasteiger partial charge in [0.15, 0.2) is 0 Å². The van der Waals surface area contributed by atoms with Gasteiger partial charge in [-0.2, -0.15) is 18.4 Å². The summed E-state index contributed by atoms with van der Waals surface area (Å²) in [5, 5.41) is 10.5. The fourth-order valence-electron chi connectivity index (χ4n) is 5.82.